The molecule has 26 heavy (non-hydrogen) atoms. The Morgan fingerprint density at radius 1 is 1.12 bits per heavy atom. The molecular formula is C18H17ClN2O5. The predicted molar refractivity (Wildman–Crippen MR) is 97.3 cm³/mol. The van der Waals surface area contributed by atoms with Gasteiger partial charge < -0.3 is 24.8 Å². The van der Waals surface area contributed by atoms with Crippen LogP contribution in [0.15, 0.2) is 36.4 Å². The number of para-hydroxylation sites is 1. The van der Waals surface area contributed by atoms with Crippen LogP contribution in [0, 0.1) is 0 Å². The van der Waals surface area contributed by atoms with Crippen LogP contribution >= 0.6 is 11.6 Å². The molecule has 0 unspecified atom stereocenters. The third-order valence-corrected chi connectivity index (χ3v) is 3.99. The van der Waals surface area contributed by atoms with Crippen molar-refractivity contribution in [3.63, 3.8) is 0 Å². The molecule has 1 aliphatic heterocycles. The molecule has 7 nitrogen and oxygen atoms in total. The molecule has 0 atom stereocenters. The van der Waals surface area contributed by atoms with Gasteiger partial charge in [-0.25, -0.2) is 4.79 Å². The standard InChI is InChI=1S/C18H17ClN2O5/c1-24-18(23)11-4-2-3-5-13(11)20-10-17(22)21-14-9-16-15(8-12(14)19)25-6-7-26-16/h2-5,8-9,20H,6-7,10H2,1H3,(H,21,22). The largest absolute Gasteiger partial charge is 0.486 e. The Morgan fingerprint density at radius 2 is 1.81 bits per heavy atom. The van der Waals surface area contributed by atoms with Gasteiger partial charge in [-0.1, -0.05) is 23.7 Å². The number of ether oxygens (including phenoxy) is 3. The molecule has 1 heterocycles. The Bertz CT molecular complexity index is 840. The number of hydrogen-bond acceptors (Lipinski definition) is 6. The van der Waals surface area contributed by atoms with E-state index in [-0.39, 0.29) is 12.5 Å². The lowest BCUT2D eigenvalue weighted by Crippen LogP contribution is -2.23. The van der Waals surface area contributed by atoms with Crippen LogP contribution in [0.1, 0.15) is 10.4 Å². The van der Waals surface area contributed by atoms with Crippen molar-refractivity contribution in [2.75, 3.05) is 37.5 Å². The van der Waals surface area contributed by atoms with Crippen molar-refractivity contribution in [3.05, 3.63) is 47.0 Å². The van der Waals surface area contributed by atoms with Gasteiger partial charge in [0, 0.05) is 17.8 Å². The summed E-state index contributed by atoms with van der Waals surface area (Å²) in [4.78, 5) is 24.0. The molecule has 0 saturated carbocycles. The maximum absolute atomic E-state index is 12.2. The Balaban J connectivity index is 1.66. The van der Waals surface area contributed by atoms with Crippen LogP contribution in [0.3, 0.4) is 0 Å². The number of rotatable bonds is 5. The number of esters is 1. The predicted octanol–water partition coefficient (Wildman–Crippen LogP) is 2.95. The van der Waals surface area contributed by atoms with Crippen LogP contribution in [-0.4, -0.2) is 38.7 Å². The van der Waals surface area contributed by atoms with Gasteiger partial charge >= 0.3 is 5.97 Å². The number of nitrogens with one attached hydrogen (secondary N) is 2. The van der Waals surface area contributed by atoms with E-state index in [0.29, 0.717) is 46.7 Å². The highest BCUT2D eigenvalue weighted by Gasteiger charge is 2.17. The number of anilines is 2. The molecule has 0 aliphatic carbocycles. The molecule has 2 aromatic rings. The van der Waals surface area contributed by atoms with Crippen molar-refractivity contribution in [1.82, 2.24) is 0 Å². The van der Waals surface area contributed by atoms with E-state index in [2.05, 4.69) is 10.6 Å². The van der Waals surface area contributed by atoms with Gasteiger partial charge in [0.25, 0.3) is 0 Å². The molecule has 0 saturated heterocycles. The van der Waals surface area contributed by atoms with Crippen LogP contribution < -0.4 is 20.1 Å². The van der Waals surface area contributed by atoms with Crippen molar-refractivity contribution in [2.45, 2.75) is 0 Å². The summed E-state index contributed by atoms with van der Waals surface area (Å²) in [6.07, 6.45) is 0. The number of carbonyl (C=O) groups excluding carboxylic acids is 2. The van der Waals surface area contributed by atoms with E-state index in [0.717, 1.165) is 0 Å². The van der Waals surface area contributed by atoms with E-state index in [4.69, 9.17) is 25.8 Å². The fourth-order valence-electron chi connectivity index (χ4n) is 2.45. The monoisotopic (exact) mass is 376 g/mol. The van der Waals surface area contributed by atoms with Gasteiger partial charge in [-0.2, -0.15) is 0 Å². The second kappa shape index (κ2) is 7.97. The van der Waals surface area contributed by atoms with Gasteiger partial charge in [-0.05, 0) is 12.1 Å². The highest BCUT2D eigenvalue weighted by atomic mass is 35.5. The van der Waals surface area contributed by atoms with Gasteiger partial charge in [-0.3, -0.25) is 4.79 Å². The Labute approximate surface area is 155 Å². The minimum absolute atomic E-state index is 0.0568. The van der Waals surface area contributed by atoms with E-state index in [9.17, 15) is 9.59 Å². The highest BCUT2D eigenvalue weighted by Crippen LogP contribution is 2.37. The van der Waals surface area contributed by atoms with E-state index in [1.165, 1.54) is 7.11 Å². The lowest BCUT2D eigenvalue weighted by atomic mass is 10.2. The van der Waals surface area contributed by atoms with E-state index in [1.54, 1.807) is 36.4 Å². The number of fused-ring (bicyclic) bond motifs is 1. The second-order valence-electron chi connectivity index (χ2n) is 5.41. The molecular weight excluding hydrogens is 360 g/mol. The van der Waals surface area contributed by atoms with Crippen LogP contribution in [0.5, 0.6) is 11.5 Å². The molecule has 3 rings (SSSR count). The fourth-order valence-corrected chi connectivity index (χ4v) is 2.66. The fraction of sp³-hybridized carbons (Fsp3) is 0.222. The van der Waals surface area contributed by atoms with Crippen LogP contribution in [0.25, 0.3) is 0 Å². The lowest BCUT2D eigenvalue weighted by molar-refractivity contribution is -0.114. The molecule has 1 amide bonds. The SMILES string of the molecule is COC(=O)c1ccccc1NCC(=O)Nc1cc2c(cc1Cl)OCCO2. The summed E-state index contributed by atoms with van der Waals surface area (Å²) in [6.45, 7) is 0.839. The van der Waals surface area contributed by atoms with Gasteiger partial charge in [0.2, 0.25) is 5.91 Å². The van der Waals surface area contributed by atoms with E-state index >= 15 is 0 Å². The van der Waals surface area contributed by atoms with Gasteiger partial charge in [0.1, 0.15) is 13.2 Å². The highest BCUT2D eigenvalue weighted by molar-refractivity contribution is 6.34. The normalized spacial score (nSPS) is 12.2. The van der Waals surface area contributed by atoms with Crippen LogP contribution in [-0.2, 0) is 9.53 Å². The summed E-state index contributed by atoms with van der Waals surface area (Å²) in [5.41, 5.74) is 1.27. The van der Waals surface area contributed by atoms with Crippen molar-refractivity contribution in [1.29, 1.82) is 0 Å². The average Bonchev–Trinajstić information content (AvgIpc) is 2.66. The first-order valence-electron chi connectivity index (χ1n) is 7.88. The maximum atomic E-state index is 12.2. The zero-order valence-electron chi connectivity index (χ0n) is 14.0. The summed E-state index contributed by atoms with van der Waals surface area (Å²) in [5, 5.41) is 5.97. The number of halogens is 1. The van der Waals surface area contributed by atoms with Gasteiger partial charge in [-0.15, -0.1) is 0 Å². The van der Waals surface area contributed by atoms with Crippen molar-refractivity contribution in [2.24, 2.45) is 0 Å². The van der Waals surface area contributed by atoms with E-state index < -0.39 is 5.97 Å². The van der Waals surface area contributed by atoms with Crippen LogP contribution in [0.4, 0.5) is 11.4 Å². The number of benzene rings is 2. The molecule has 0 radical (unpaired) electrons. The van der Waals surface area contributed by atoms with Crippen molar-refractivity contribution < 1.29 is 23.8 Å². The minimum Gasteiger partial charge on any atom is -0.486 e. The quantitative estimate of drug-likeness (QED) is 0.780. The van der Waals surface area contributed by atoms with Crippen molar-refractivity contribution in [3.8, 4) is 11.5 Å². The summed E-state index contributed by atoms with van der Waals surface area (Å²) in [7, 11) is 1.30. The number of methoxy groups -OCH3 is 1. The lowest BCUT2D eigenvalue weighted by Gasteiger charge is -2.20. The topological polar surface area (TPSA) is 85.9 Å². The first kappa shape index (κ1) is 17.9. The number of carbonyl (C=O) groups is 2. The van der Waals surface area contributed by atoms with Crippen LogP contribution in [0.2, 0.25) is 5.02 Å². The van der Waals surface area contributed by atoms with Crippen molar-refractivity contribution >= 4 is 34.9 Å². The van der Waals surface area contributed by atoms with Gasteiger partial charge in [0.15, 0.2) is 11.5 Å². The first-order chi connectivity index (χ1) is 12.6. The maximum Gasteiger partial charge on any atom is 0.339 e. The molecule has 0 bridgehead atoms. The molecule has 0 spiro atoms. The molecule has 2 N–H and O–H groups in total. The van der Waals surface area contributed by atoms with Gasteiger partial charge in [0.05, 0.1) is 29.9 Å². The third-order valence-electron chi connectivity index (χ3n) is 3.68. The second-order valence-corrected chi connectivity index (χ2v) is 5.82. The number of hydrogen-bond donors (Lipinski definition) is 2. The molecule has 0 fully saturated rings. The molecule has 136 valence electrons. The zero-order valence-corrected chi connectivity index (χ0v) is 14.8. The molecule has 1 aliphatic rings. The average molecular weight is 377 g/mol. The number of amides is 1. The Morgan fingerprint density at radius 3 is 2.54 bits per heavy atom. The summed E-state index contributed by atoms with van der Waals surface area (Å²) < 4.78 is 15.6. The summed E-state index contributed by atoms with van der Waals surface area (Å²) in [5.74, 6) is 0.260. The zero-order chi connectivity index (χ0) is 18.5. The molecule has 2 aromatic carbocycles. The summed E-state index contributed by atoms with van der Waals surface area (Å²) in [6, 6.07) is 10.00. The smallest absolute Gasteiger partial charge is 0.339 e. The molecule has 0 aromatic heterocycles. The first-order valence-corrected chi connectivity index (χ1v) is 8.26. The minimum atomic E-state index is -0.483. The Kier molecular flexibility index (Phi) is 5.48. The Hall–Kier alpha value is -2.93. The van der Waals surface area contributed by atoms with E-state index in [1.807, 2.05) is 0 Å². The molecule has 8 heteroatoms. The third kappa shape index (κ3) is 4.00. The summed E-state index contributed by atoms with van der Waals surface area (Å²) >= 11 is 6.18.